The van der Waals surface area contributed by atoms with E-state index in [2.05, 4.69) is 11.1 Å². The SMILES string of the molecule is O=C1c2cc(Cc3ccc(Cl)nc3)c3ccccc3c2OCN1C1CCCCC1O. The number of benzene rings is 2. The quantitative estimate of drug-likeness (QED) is 0.628. The van der Waals surface area contributed by atoms with Crippen LogP contribution in [0.5, 0.6) is 5.75 Å². The lowest BCUT2D eigenvalue weighted by Gasteiger charge is -2.40. The molecule has 0 radical (unpaired) electrons. The van der Waals surface area contributed by atoms with E-state index in [0.717, 1.165) is 47.6 Å². The molecule has 1 aliphatic heterocycles. The van der Waals surface area contributed by atoms with Crippen molar-refractivity contribution in [2.75, 3.05) is 6.73 Å². The summed E-state index contributed by atoms with van der Waals surface area (Å²) in [6, 6.07) is 13.5. The van der Waals surface area contributed by atoms with Gasteiger partial charge >= 0.3 is 0 Å². The Labute approximate surface area is 180 Å². The van der Waals surface area contributed by atoms with Crippen molar-refractivity contribution in [2.45, 2.75) is 44.2 Å². The molecule has 2 atom stereocenters. The minimum atomic E-state index is -0.493. The van der Waals surface area contributed by atoms with Gasteiger partial charge in [-0.3, -0.25) is 9.69 Å². The molecule has 0 bridgehead atoms. The van der Waals surface area contributed by atoms with E-state index in [1.54, 1.807) is 17.2 Å². The molecule has 154 valence electrons. The summed E-state index contributed by atoms with van der Waals surface area (Å²) in [6.45, 7) is 0.179. The average Bonchev–Trinajstić information content (AvgIpc) is 2.77. The van der Waals surface area contributed by atoms with Crippen molar-refractivity contribution < 1.29 is 14.6 Å². The number of fused-ring (bicyclic) bond motifs is 3. The number of carbonyl (C=O) groups is 1. The fraction of sp³-hybridized carbons (Fsp3) is 0.333. The van der Waals surface area contributed by atoms with Crippen LogP contribution in [-0.4, -0.2) is 39.8 Å². The van der Waals surface area contributed by atoms with Gasteiger partial charge in [-0.25, -0.2) is 4.98 Å². The van der Waals surface area contributed by atoms with Crippen LogP contribution < -0.4 is 4.74 Å². The van der Waals surface area contributed by atoms with Crippen LogP contribution in [0.1, 0.15) is 47.2 Å². The molecule has 6 heteroatoms. The van der Waals surface area contributed by atoms with Crippen molar-refractivity contribution in [2.24, 2.45) is 0 Å². The van der Waals surface area contributed by atoms with Crippen LogP contribution in [0.3, 0.4) is 0 Å². The number of hydrogen-bond donors (Lipinski definition) is 1. The summed E-state index contributed by atoms with van der Waals surface area (Å²) < 4.78 is 6.11. The van der Waals surface area contributed by atoms with E-state index < -0.39 is 6.10 Å². The molecule has 1 saturated carbocycles. The van der Waals surface area contributed by atoms with Crippen molar-refractivity contribution in [1.29, 1.82) is 0 Å². The fourth-order valence-corrected chi connectivity index (χ4v) is 4.78. The second-order valence-electron chi connectivity index (χ2n) is 8.09. The Bertz CT molecular complexity index is 1100. The van der Waals surface area contributed by atoms with Crippen LogP contribution in [0.2, 0.25) is 5.15 Å². The van der Waals surface area contributed by atoms with Crippen LogP contribution in [0.4, 0.5) is 0 Å². The van der Waals surface area contributed by atoms with Gasteiger partial charge in [0.1, 0.15) is 10.9 Å². The van der Waals surface area contributed by atoms with Gasteiger partial charge in [0.2, 0.25) is 0 Å². The lowest BCUT2D eigenvalue weighted by Crippen LogP contribution is -2.51. The summed E-state index contributed by atoms with van der Waals surface area (Å²) >= 11 is 5.93. The van der Waals surface area contributed by atoms with Gasteiger partial charge in [-0.1, -0.05) is 54.8 Å². The standard InChI is InChI=1S/C24H23ClN2O3/c25-22-10-9-15(13-26-22)11-16-12-19-23(18-6-2-1-5-17(16)18)30-14-27(24(19)29)20-7-3-4-8-21(20)28/h1-2,5-6,9-10,12-13,20-21,28H,3-4,7-8,11,14H2. The van der Waals surface area contributed by atoms with Crippen LogP contribution in [-0.2, 0) is 6.42 Å². The van der Waals surface area contributed by atoms with E-state index in [4.69, 9.17) is 16.3 Å². The molecule has 1 fully saturated rings. The van der Waals surface area contributed by atoms with Crippen molar-refractivity contribution in [1.82, 2.24) is 9.88 Å². The Morgan fingerprint density at radius 2 is 1.93 bits per heavy atom. The Hall–Kier alpha value is -2.63. The Balaban J connectivity index is 1.57. The zero-order valence-electron chi connectivity index (χ0n) is 16.6. The maximum Gasteiger partial charge on any atom is 0.260 e. The van der Waals surface area contributed by atoms with E-state index in [9.17, 15) is 9.90 Å². The van der Waals surface area contributed by atoms with E-state index >= 15 is 0 Å². The molecule has 1 N–H and O–H groups in total. The zero-order valence-corrected chi connectivity index (χ0v) is 17.3. The number of nitrogens with zero attached hydrogens (tertiary/aromatic N) is 2. The fourth-order valence-electron chi connectivity index (χ4n) is 4.66. The van der Waals surface area contributed by atoms with Gasteiger partial charge in [0, 0.05) is 11.6 Å². The van der Waals surface area contributed by atoms with Gasteiger partial charge < -0.3 is 9.84 Å². The second-order valence-corrected chi connectivity index (χ2v) is 8.48. The Kier molecular flexibility index (Phi) is 5.09. The molecule has 1 aliphatic carbocycles. The second kappa shape index (κ2) is 7.89. The number of hydrogen-bond acceptors (Lipinski definition) is 4. The molecule has 2 heterocycles. The van der Waals surface area contributed by atoms with E-state index in [1.807, 2.05) is 30.3 Å². The number of pyridine rings is 1. The van der Waals surface area contributed by atoms with E-state index in [0.29, 0.717) is 22.9 Å². The smallest absolute Gasteiger partial charge is 0.260 e. The number of amides is 1. The first kappa shape index (κ1) is 19.3. The molecule has 2 aromatic carbocycles. The molecule has 1 aromatic heterocycles. The minimum Gasteiger partial charge on any atom is -0.472 e. The number of rotatable bonds is 3. The molecule has 3 aromatic rings. The molecule has 2 unspecified atom stereocenters. The summed E-state index contributed by atoms with van der Waals surface area (Å²) in [7, 11) is 0. The highest BCUT2D eigenvalue weighted by atomic mass is 35.5. The first-order chi connectivity index (χ1) is 14.6. The normalized spacial score (nSPS) is 21.4. The van der Waals surface area contributed by atoms with Crippen molar-refractivity contribution in [3.05, 3.63) is 70.5 Å². The molecule has 30 heavy (non-hydrogen) atoms. The monoisotopic (exact) mass is 422 g/mol. The lowest BCUT2D eigenvalue weighted by molar-refractivity contribution is -0.0120. The van der Waals surface area contributed by atoms with Gasteiger partial charge in [-0.2, -0.15) is 0 Å². The molecule has 5 rings (SSSR count). The minimum absolute atomic E-state index is 0.0663. The van der Waals surface area contributed by atoms with E-state index in [1.165, 1.54) is 0 Å². The van der Waals surface area contributed by atoms with Crippen LogP contribution in [0.25, 0.3) is 10.8 Å². The van der Waals surface area contributed by atoms with Gasteiger partial charge in [0.15, 0.2) is 6.73 Å². The molecule has 2 aliphatic rings. The number of aliphatic hydroxyl groups excluding tert-OH is 1. The Morgan fingerprint density at radius 3 is 2.70 bits per heavy atom. The third-order valence-corrected chi connectivity index (χ3v) is 6.42. The molecule has 5 nitrogen and oxygen atoms in total. The highest BCUT2D eigenvalue weighted by molar-refractivity contribution is 6.29. The van der Waals surface area contributed by atoms with E-state index in [-0.39, 0.29) is 18.7 Å². The topological polar surface area (TPSA) is 62.7 Å². The maximum atomic E-state index is 13.5. The summed E-state index contributed by atoms with van der Waals surface area (Å²) in [6.07, 6.45) is 5.46. The third kappa shape index (κ3) is 3.42. The van der Waals surface area contributed by atoms with Gasteiger partial charge in [0.05, 0.1) is 17.7 Å². The number of aromatic nitrogens is 1. The summed E-state index contributed by atoms with van der Waals surface area (Å²) in [4.78, 5) is 19.3. The number of aliphatic hydroxyl groups is 1. The first-order valence-electron chi connectivity index (χ1n) is 10.4. The summed E-state index contributed by atoms with van der Waals surface area (Å²) in [5.41, 5.74) is 2.62. The largest absolute Gasteiger partial charge is 0.472 e. The van der Waals surface area contributed by atoms with Crippen LogP contribution >= 0.6 is 11.6 Å². The number of carbonyl (C=O) groups excluding carboxylic acids is 1. The Morgan fingerprint density at radius 1 is 1.13 bits per heavy atom. The average molecular weight is 423 g/mol. The highest BCUT2D eigenvalue weighted by Gasteiger charge is 2.37. The first-order valence-corrected chi connectivity index (χ1v) is 10.8. The molecule has 1 amide bonds. The predicted octanol–water partition coefficient (Wildman–Crippen LogP) is 4.57. The highest BCUT2D eigenvalue weighted by Crippen LogP contribution is 2.38. The van der Waals surface area contributed by atoms with Gasteiger partial charge in [0.25, 0.3) is 5.91 Å². The van der Waals surface area contributed by atoms with Crippen molar-refractivity contribution in [3.8, 4) is 5.75 Å². The molecule has 0 spiro atoms. The van der Waals surface area contributed by atoms with Crippen molar-refractivity contribution >= 4 is 28.3 Å². The number of ether oxygens (including phenoxy) is 1. The maximum absolute atomic E-state index is 13.5. The van der Waals surface area contributed by atoms with Crippen LogP contribution in [0, 0.1) is 0 Å². The predicted molar refractivity (Wildman–Crippen MR) is 116 cm³/mol. The van der Waals surface area contributed by atoms with Crippen molar-refractivity contribution in [3.63, 3.8) is 0 Å². The van der Waals surface area contributed by atoms with Crippen LogP contribution in [0.15, 0.2) is 48.7 Å². The summed E-state index contributed by atoms with van der Waals surface area (Å²) in [5.74, 6) is 0.568. The summed E-state index contributed by atoms with van der Waals surface area (Å²) in [5, 5.41) is 12.9. The van der Waals surface area contributed by atoms with Gasteiger partial charge in [-0.15, -0.1) is 0 Å². The molecular formula is C24H23ClN2O3. The number of halogens is 1. The lowest BCUT2D eigenvalue weighted by atomic mass is 9.90. The van der Waals surface area contributed by atoms with Gasteiger partial charge in [-0.05, 0) is 47.9 Å². The molecule has 0 saturated heterocycles. The molecular weight excluding hydrogens is 400 g/mol. The zero-order chi connectivity index (χ0) is 20.7. The third-order valence-electron chi connectivity index (χ3n) is 6.20.